The Morgan fingerprint density at radius 3 is 0.625 bits per heavy atom. The molecule has 6 nitrogen and oxygen atoms in total. The number of aromatic hydroxyl groups is 6. The lowest BCUT2D eigenvalue weighted by molar-refractivity contribution is 0.449. The first-order valence-electron chi connectivity index (χ1n) is 15.0. The Balaban J connectivity index is 0.000000163. The molecule has 0 aromatic heterocycles. The van der Waals surface area contributed by atoms with Gasteiger partial charge in [0.05, 0.1) is 0 Å². The number of benzene rings is 6. The van der Waals surface area contributed by atoms with Crippen LogP contribution in [0.2, 0.25) is 0 Å². The van der Waals surface area contributed by atoms with E-state index in [4.69, 9.17) is 0 Å². The van der Waals surface area contributed by atoms with Crippen molar-refractivity contribution in [1.29, 1.82) is 0 Å². The van der Waals surface area contributed by atoms with Crippen LogP contribution in [-0.2, 0) is 0 Å². The summed E-state index contributed by atoms with van der Waals surface area (Å²) in [6, 6.07) is 43.0. The number of hydrogen-bond donors (Lipinski definition) is 6. The van der Waals surface area contributed by atoms with Gasteiger partial charge in [0.15, 0.2) is 0 Å². The molecule has 0 unspecified atom stereocenters. The van der Waals surface area contributed by atoms with Crippen LogP contribution in [0.5, 0.6) is 34.5 Å². The van der Waals surface area contributed by atoms with E-state index in [0.29, 0.717) is 0 Å². The van der Waals surface area contributed by atoms with Gasteiger partial charge in [-0.25, -0.2) is 0 Å². The van der Waals surface area contributed by atoms with E-state index in [2.05, 4.69) is 0 Å². The van der Waals surface area contributed by atoms with Gasteiger partial charge in [-0.2, -0.15) is 0 Å². The lowest BCUT2D eigenvalue weighted by atomic mass is 10.1. The second-order valence-electron chi connectivity index (χ2n) is 10.6. The average Bonchev–Trinajstić information content (AvgIpc) is 3.06. The van der Waals surface area contributed by atoms with Crippen molar-refractivity contribution in [1.82, 2.24) is 0 Å². The van der Waals surface area contributed by atoms with E-state index in [1.165, 1.54) is 18.2 Å². The van der Waals surface area contributed by atoms with Crippen LogP contribution in [0.3, 0.4) is 0 Å². The average molecular weight is 637 g/mol. The minimum absolute atomic E-state index is 0.0627. The van der Waals surface area contributed by atoms with E-state index in [1.807, 2.05) is 127 Å². The fourth-order valence-corrected chi connectivity index (χ4v) is 4.41. The van der Waals surface area contributed by atoms with E-state index in [9.17, 15) is 30.6 Å². The Labute approximate surface area is 280 Å². The summed E-state index contributed by atoms with van der Waals surface area (Å²) in [6.45, 7) is 0. The summed E-state index contributed by atoms with van der Waals surface area (Å²) < 4.78 is 0. The molecule has 0 atom stereocenters. The minimum atomic E-state index is 0.0627. The molecule has 6 aromatic carbocycles. The fourth-order valence-electron chi connectivity index (χ4n) is 4.41. The Bertz CT molecular complexity index is 1670. The van der Waals surface area contributed by atoms with E-state index in [1.54, 1.807) is 36.4 Å². The summed E-state index contributed by atoms with van der Waals surface area (Å²) in [6.07, 6.45) is 11.3. The third-order valence-corrected chi connectivity index (χ3v) is 6.58. The molecule has 6 aromatic rings. The predicted octanol–water partition coefficient (Wildman–Crippen LogP) is 9.80. The summed E-state index contributed by atoms with van der Waals surface area (Å²) in [5.41, 5.74) is 5.52. The molecule has 0 aliphatic carbocycles. The van der Waals surface area contributed by atoms with Gasteiger partial charge in [0.2, 0.25) is 0 Å². The van der Waals surface area contributed by atoms with E-state index >= 15 is 0 Å². The normalized spacial score (nSPS) is 10.8. The van der Waals surface area contributed by atoms with Crippen molar-refractivity contribution in [2.75, 3.05) is 0 Å². The fraction of sp³-hybridized carbons (Fsp3) is 0. The quantitative estimate of drug-likeness (QED) is 0.101. The molecule has 6 heteroatoms. The van der Waals surface area contributed by atoms with Gasteiger partial charge in [0.25, 0.3) is 0 Å². The van der Waals surface area contributed by atoms with Gasteiger partial charge in [-0.15, -0.1) is 0 Å². The third kappa shape index (κ3) is 12.4. The first-order valence-corrected chi connectivity index (χ1v) is 15.0. The lowest BCUT2D eigenvalue weighted by Crippen LogP contribution is -1.74. The van der Waals surface area contributed by atoms with Crippen molar-refractivity contribution < 1.29 is 30.6 Å². The molecule has 0 amide bonds. The Kier molecular flexibility index (Phi) is 12.6. The number of phenols is 6. The van der Waals surface area contributed by atoms with Crippen molar-refractivity contribution in [3.05, 3.63) is 179 Å². The number of hydrogen-bond acceptors (Lipinski definition) is 6. The molecule has 0 radical (unpaired) electrons. The molecule has 0 heterocycles. The lowest BCUT2D eigenvalue weighted by Gasteiger charge is -1.98. The first-order chi connectivity index (χ1) is 23.2. The molecule has 0 bridgehead atoms. The van der Waals surface area contributed by atoms with Gasteiger partial charge >= 0.3 is 0 Å². The molecule has 240 valence electrons. The summed E-state index contributed by atoms with van der Waals surface area (Å²) in [5, 5.41) is 55.8. The minimum Gasteiger partial charge on any atom is -0.508 e. The largest absolute Gasteiger partial charge is 0.508 e. The molecule has 0 aliphatic heterocycles. The van der Waals surface area contributed by atoms with Crippen molar-refractivity contribution in [3.8, 4) is 34.5 Å². The van der Waals surface area contributed by atoms with E-state index < -0.39 is 0 Å². The molecule has 0 fully saturated rings. The third-order valence-electron chi connectivity index (χ3n) is 6.58. The van der Waals surface area contributed by atoms with Crippen LogP contribution in [0, 0.1) is 0 Å². The van der Waals surface area contributed by atoms with Crippen LogP contribution in [0.15, 0.2) is 146 Å². The van der Waals surface area contributed by atoms with Gasteiger partial charge in [0, 0.05) is 18.2 Å². The Morgan fingerprint density at radius 2 is 0.417 bits per heavy atom. The second-order valence-corrected chi connectivity index (χ2v) is 10.6. The highest BCUT2D eigenvalue weighted by Crippen LogP contribution is 2.24. The molecular weight excluding hydrogens is 600 g/mol. The Morgan fingerprint density at radius 1 is 0.229 bits per heavy atom. The SMILES string of the molecule is Oc1cc(O)cc(/C=C/c2ccccc2)c1.Oc1cc(O)cc(/C=C/c2ccccc2)c1.Oc1cc(O)cc(/C=C/c2ccccc2)c1. The molecule has 0 saturated carbocycles. The molecule has 6 N–H and O–H groups in total. The topological polar surface area (TPSA) is 121 Å². The van der Waals surface area contributed by atoms with Crippen LogP contribution in [0.25, 0.3) is 36.5 Å². The van der Waals surface area contributed by atoms with Crippen molar-refractivity contribution in [3.63, 3.8) is 0 Å². The standard InChI is InChI=1S/3C14H12O2/c3*15-13-8-12(9-14(16)10-13)7-6-11-4-2-1-3-5-11/h3*1-10,15-16H/b3*7-6+. The highest BCUT2D eigenvalue weighted by Gasteiger charge is 1.97. The van der Waals surface area contributed by atoms with Crippen molar-refractivity contribution in [2.24, 2.45) is 0 Å². The van der Waals surface area contributed by atoms with Gasteiger partial charge in [-0.05, 0) is 69.8 Å². The predicted molar refractivity (Wildman–Crippen MR) is 195 cm³/mol. The van der Waals surface area contributed by atoms with Crippen LogP contribution >= 0.6 is 0 Å². The van der Waals surface area contributed by atoms with Crippen LogP contribution in [0.4, 0.5) is 0 Å². The number of rotatable bonds is 6. The zero-order chi connectivity index (χ0) is 34.1. The Hall–Kier alpha value is -6.66. The van der Waals surface area contributed by atoms with Gasteiger partial charge in [-0.3, -0.25) is 0 Å². The summed E-state index contributed by atoms with van der Waals surface area (Å²) >= 11 is 0. The van der Waals surface area contributed by atoms with Crippen LogP contribution < -0.4 is 0 Å². The monoisotopic (exact) mass is 636 g/mol. The zero-order valence-corrected chi connectivity index (χ0v) is 26.0. The highest BCUT2D eigenvalue weighted by molar-refractivity contribution is 5.72. The maximum absolute atomic E-state index is 9.30. The molecule has 0 aliphatic rings. The van der Waals surface area contributed by atoms with E-state index in [0.717, 1.165) is 33.4 Å². The molecule has 0 spiro atoms. The zero-order valence-electron chi connectivity index (χ0n) is 26.0. The summed E-state index contributed by atoms with van der Waals surface area (Å²) in [7, 11) is 0. The molecule has 0 saturated heterocycles. The van der Waals surface area contributed by atoms with Gasteiger partial charge in [0.1, 0.15) is 34.5 Å². The van der Waals surface area contributed by atoms with Gasteiger partial charge in [-0.1, -0.05) is 127 Å². The maximum atomic E-state index is 9.30. The molecule has 6 rings (SSSR count). The highest BCUT2D eigenvalue weighted by atomic mass is 16.3. The molecule has 48 heavy (non-hydrogen) atoms. The van der Waals surface area contributed by atoms with Crippen molar-refractivity contribution >= 4 is 36.5 Å². The summed E-state index contributed by atoms with van der Waals surface area (Å²) in [5.74, 6) is 0.376. The van der Waals surface area contributed by atoms with Crippen LogP contribution in [-0.4, -0.2) is 30.6 Å². The van der Waals surface area contributed by atoms with E-state index in [-0.39, 0.29) is 34.5 Å². The van der Waals surface area contributed by atoms with Gasteiger partial charge < -0.3 is 30.6 Å². The van der Waals surface area contributed by atoms with Crippen molar-refractivity contribution in [2.45, 2.75) is 0 Å². The first kappa shape index (κ1) is 34.2. The summed E-state index contributed by atoms with van der Waals surface area (Å²) in [4.78, 5) is 0. The number of phenolic OH excluding ortho intramolecular Hbond substituents is 6. The smallest absolute Gasteiger partial charge is 0.119 e. The van der Waals surface area contributed by atoms with Crippen LogP contribution in [0.1, 0.15) is 33.4 Å². The second kappa shape index (κ2) is 17.7. The maximum Gasteiger partial charge on any atom is 0.119 e. The molecular formula is C42H36O6.